The van der Waals surface area contributed by atoms with Crippen molar-refractivity contribution in [2.24, 2.45) is 0 Å². The van der Waals surface area contributed by atoms with E-state index >= 15 is 0 Å². The first-order valence-corrected chi connectivity index (χ1v) is 4.69. The van der Waals surface area contributed by atoms with Gasteiger partial charge in [-0.05, 0) is 32.1 Å². The van der Waals surface area contributed by atoms with Gasteiger partial charge >= 0.3 is 5.97 Å². The monoisotopic (exact) mass is 168 g/mol. The number of carboxylic acids is 1. The lowest BCUT2D eigenvalue weighted by molar-refractivity contribution is -0.136. The van der Waals surface area contributed by atoms with Crippen LogP contribution < -0.4 is 0 Å². The van der Waals surface area contributed by atoms with Gasteiger partial charge < -0.3 is 5.11 Å². The molecule has 2 heteroatoms. The molecule has 0 aromatic heterocycles. The predicted octanol–water partition coefficient (Wildman–Crippen LogP) is 2.74. The Morgan fingerprint density at radius 1 is 1.42 bits per heavy atom. The molecule has 0 heterocycles. The Balaban J connectivity index is 2.28. The average molecular weight is 168 g/mol. The molecule has 1 N–H and O–H groups in total. The standard InChI is InChI=1S/C10H16O2/c11-10(12)8-7-9-5-3-1-2-4-6-9/h5H,1-4,6-8H2,(H,11,12). The van der Waals surface area contributed by atoms with Gasteiger partial charge in [-0.3, -0.25) is 4.79 Å². The largest absolute Gasteiger partial charge is 0.481 e. The summed E-state index contributed by atoms with van der Waals surface area (Å²) in [6, 6.07) is 0. The van der Waals surface area contributed by atoms with E-state index in [1.165, 1.54) is 24.8 Å². The zero-order chi connectivity index (χ0) is 8.81. The van der Waals surface area contributed by atoms with Crippen molar-refractivity contribution in [3.05, 3.63) is 11.6 Å². The van der Waals surface area contributed by atoms with Crippen LogP contribution in [0.1, 0.15) is 44.9 Å². The molecule has 0 amide bonds. The first-order chi connectivity index (χ1) is 5.79. The molecule has 12 heavy (non-hydrogen) atoms. The van der Waals surface area contributed by atoms with E-state index in [2.05, 4.69) is 6.08 Å². The third-order valence-electron chi connectivity index (χ3n) is 2.30. The third-order valence-corrected chi connectivity index (χ3v) is 2.30. The fourth-order valence-electron chi connectivity index (χ4n) is 1.58. The normalized spacial score (nSPS) is 18.2. The van der Waals surface area contributed by atoms with Crippen LogP contribution in [0.4, 0.5) is 0 Å². The zero-order valence-corrected chi connectivity index (χ0v) is 7.38. The van der Waals surface area contributed by atoms with E-state index in [1.54, 1.807) is 0 Å². The van der Waals surface area contributed by atoms with Crippen LogP contribution in [0.2, 0.25) is 0 Å². The lowest BCUT2D eigenvalue weighted by atomic mass is 10.1. The first kappa shape index (κ1) is 9.30. The van der Waals surface area contributed by atoms with Crippen molar-refractivity contribution >= 4 is 5.97 Å². The highest BCUT2D eigenvalue weighted by Crippen LogP contribution is 2.20. The van der Waals surface area contributed by atoms with E-state index in [1.807, 2.05) is 0 Å². The maximum absolute atomic E-state index is 10.3. The maximum atomic E-state index is 10.3. The average Bonchev–Trinajstić information content (AvgIpc) is 2.28. The Morgan fingerprint density at radius 3 is 3.00 bits per heavy atom. The van der Waals surface area contributed by atoms with Crippen LogP contribution in [0.5, 0.6) is 0 Å². The molecular formula is C10H16O2. The molecule has 0 aliphatic heterocycles. The topological polar surface area (TPSA) is 37.3 Å². The van der Waals surface area contributed by atoms with E-state index in [-0.39, 0.29) is 0 Å². The highest BCUT2D eigenvalue weighted by molar-refractivity contribution is 5.67. The Bertz CT molecular complexity index is 182. The van der Waals surface area contributed by atoms with Crippen LogP contribution in [-0.4, -0.2) is 11.1 Å². The fraction of sp³-hybridized carbons (Fsp3) is 0.700. The molecule has 0 aromatic rings. The summed E-state index contributed by atoms with van der Waals surface area (Å²) in [7, 11) is 0. The molecular weight excluding hydrogens is 152 g/mol. The zero-order valence-electron chi connectivity index (χ0n) is 7.38. The Labute approximate surface area is 73.3 Å². The van der Waals surface area contributed by atoms with Crippen LogP contribution >= 0.6 is 0 Å². The lowest BCUT2D eigenvalue weighted by Crippen LogP contribution is -1.95. The second-order valence-electron chi connectivity index (χ2n) is 3.36. The summed E-state index contributed by atoms with van der Waals surface area (Å²) in [6.45, 7) is 0. The molecule has 0 saturated carbocycles. The molecule has 0 bridgehead atoms. The SMILES string of the molecule is O=C(O)CCC1=CCCCCC1. The van der Waals surface area contributed by atoms with Gasteiger partial charge in [-0.25, -0.2) is 0 Å². The number of hydrogen-bond acceptors (Lipinski definition) is 1. The van der Waals surface area contributed by atoms with E-state index in [9.17, 15) is 4.79 Å². The molecule has 0 unspecified atom stereocenters. The number of rotatable bonds is 3. The lowest BCUT2D eigenvalue weighted by Gasteiger charge is -2.01. The Morgan fingerprint density at radius 2 is 2.25 bits per heavy atom. The fourth-order valence-corrected chi connectivity index (χ4v) is 1.58. The van der Waals surface area contributed by atoms with Gasteiger partial charge in [0.25, 0.3) is 0 Å². The Hall–Kier alpha value is -0.790. The van der Waals surface area contributed by atoms with Crippen molar-refractivity contribution in [2.75, 3.05) is 0 Å². The summed E-state index contributed by atoms with van der Waals surface area (Å²) in [6.07, 6.45) is 9.37. The quantitative estimate of drug-likeness (QED) is 0.658. The van der Waals surface area contributed by atoms with E-state index < -0.39 is 5.97 Å². The molecule has 1 rings (SSSR count). The van der Waals surface area contributed by atoms with Crippen molar-refractivity contribution in [1.29, 1.82) is 0 Å². The summed E-state index contributed by atoms with van der Waals surface area (Å²) in [5.41, 5.74) is 1.36. The van der Waals surface area contributed by atoms with Crippen LogP contribution in [0.15, 0.2) is 11.6 Å². The predicted molar refractivity (Wildman–Crippen MR) is 48.0 cm³/mol. The van der Waals surface area contributed by atoms with Gasteiger partial charge in [0.1, 0.15) is 0 Å². The number of allylic oxidation sites excluding steroid dienone is 2. The highest BCUT2D eigenvalue weighted by atomic mass is 16.4. The minimum atomic E-state index is -0.680. The van der Waals surface area contributed by atoms with E-state index in [0.29, 0.717) is 6.42 Å². The number of hydrogen-bond donors (Lipinski definition) is 1. The van der Waals surface area contributed by atoms with Gasteiger partial charge in [-0.1, -0.05) is 18.1 Å². The van der Waals surface area contributed by atoms with Gasteiger partial charge in [0.15, 0.2) is 0 Å². The molecule has 68 valence electrons. The third kappa shape index (κ3) is 3.56. The van der Waals surface area contributed by atoms with Gasteiger partial charge in [-0.2, -0.15) is 0 Å². The molecule has 0 spiro atoms. The molecule has 0 aromatic carbocycles. The van der Waals surface area contributed by atoms with E-state index in [4.69, 9.17) is 5.11 Å². The molecule has 1 aliphatic rings. The van der Waals surface area contributed by atoms with Crippen LogP contribution in [-0.2, 0) is 4.79 Å². The molecule has 0 atom stereocenters. The van der Waals surface area contributed by atoms with Crippen molar-refractivity contribution in [3.8, 4) is 0 Å². The molecule has 1 aliphatic carbocycles. The van der Waals surface area contributed by atoms with Gasteiger partial charge in [0, 0.05) is 6.42 Å². The summed E-state index contributed by atoms with van der Waals surface area (Å²) >= 11 is 0. The van der Waals surface area contributed by atoms with E-state index in [0.717, 1.165) is 19.3 Å². The van der Waals surface area contributed by atoms with Gasteiger partial charge in [0.2, 0.25) is 0 Å². The van der Waals surface area contributed by atoms with Crippen LogP contribution in [0.25, 0.3) is 0 Å². The second-order valence-corrected chi connectivity index (χ2v) is 3.36. The minimum absolute atomic E-state index is 0.297. The first-order valence-electron chi connectivity index (χ1n) is 4.69. The van der Waals surface area contributed by atoms with Gasteiger partial charge in [-0.15, -0.1) is 0 Å². The van der Waals surface area contributed by atoms with Crippen LogP contribution in [0, 0.1) is 0 Å². The molecule has 2 nitrogen and oxygen atoms in total. The summed E-state index contributed by atoms with van der Waals surface area (Å²) < 4.78 is 0. The maximum Gasteiger partial charge on any atom is 0.303 e. The summed E-state index contributed by atoms with van der Waals surface area (Å²) in [4.78, 5) is 10.3. The smallest absolute Gasteiger partial charge is 0.303 e. The summed E-state index contributed by atoms with van der Waals surface area (Å²) in [5.74, 6) is -0.680. The van der Waals surface area contributed by atoms with Crippen molar-refractivity contribution < 1.29 is 9.90 Å². The molecule has 0 fully saturated rings. The minimum Gasteiger partial charge on any atom is -0.481 e. The van der Waals surface area contributed by atoms with Crippen molar-refractivity contribution in [3.63, 3.8) is 0 Å². The second kappa shape index (κ2) is 4.96. The number of aliphatic carboxylic acids is 1. The van der Waals surface area contributed by atoms with Crippen molar-refractivity contribution in [1.82, 2.24) is 0 Å². The molecule has 0 saturated heterocycles. The van der Waals surface area contributed by atoms with Crippen molar-refractivity contribution in [2.45, 2.75) is 44.9 Å². The van der Waals surface area contributed by atoms with Gasteiger partial charge in [0.05, 0.1) is 0 Å². The highest BCUT2D eigenvalue weighted by Gasteiger charge is 2.04. The van der Waals surface area contributed by atoms with Crippen LogP contribution in [0.3, 0.4) is 0 Å². The number of carbonyl (C=O) groups is 1. The number of carboxylic acid groups (broad SMARTS) is 1. The molecule has 0 radical (unpaired) electrons. The summed E-state index contributed by atoms with van der Waals surface area (Å²) in [5, 5.41) is 8.49. The Kier molecular flexibility index (Phi) is 3.85.